The van der Waals surface area contributed by atoms with E-state index in [1.165, 1.54) is 0 Å². The Balaban J connectivity index is 1.34. The second-order valence-corrected chi connectivity index (χ2v) is 6.91. The van der Waals surface area contributed by atoms with Gasteiger partial charge in [-0.1, -0.05) is 12.1 Å². The number of benzene rings is 1. The fraction of sp³-hybridized carbons (Fsp3) is 0.286. The molecule has 8 nitrogen and oxygen atoms in total. The molecule has 1 aliphatic rings. The van der Waals surface area contributed by atoms with Gasteiger partial charge in [0.15, 0.2) is 0 Å². The summed E-state index contributed by atoms with van der Waals surface area (Å²) in [5.74, 6) is 1.33. The van der Waals surface area contributed by atoms with Crippen LogP contribution in [0, 0.1) is 11.3 Å². The van der Waals surface area contributed by atoms with Crippen molar-refractivity contribution in [2.75, 3.05) is 31.1 Å². The van der Waals surface area contributed by atoms with Gasteiger partial charge in [-0.25, -0.2) is 9.97 Å². The predicted molar refractivity (Wildman–Crippen MR) is 108 cm³/mol. The number of para-hydroxylation sites is 1. The van der Waals surface area contributed by atoms with Gasteiger partial charge in [-0.15, -0.1) is 0 Å². The fourth-order valence-electron chi connectivity index (χ4n) is 3.48. The first-order valence-corrected chi connectivity index (χ1v) is 9.51. The maximum absolute atomic E-state index is 12.6. The number of hydrogen-bond acceptors (Lipinski definition) is 6. The monoisotopic (exact) mass is 388 g/mol. The third kappa shape index (κ3) is 4.09. The summed E-state index contributed by atoms with van der Waals surface area (Å²) in [6.07, 6.45) is 2.32. The van der Waals surface area contributed by atoms with E-state index in [-0.39, 0.29) is 11.5 Å². The van der Waals surface area contributed by atoms with Crippen molar-refractivity contribution in [3.63, 3.8) is 0 Å². The number of aryl methyl sites for hydroxylation is 1. The van der Waals surface area contributed by atoms with Crippen LogP contribution in [-0.4, -0.2) is 51.9 Å². The van der Waals surface area contributed by atoms with Crippen LogP contribution in [0.1, 0.15) is 17.8 Å². The summed E-state index contributed by atoms with van der Waals surface area (Å²) in [5.41, 5.74) is 1.03. The van der Waals surface area contributed by atoms with Crippen molar-refractivity contribution in [1.82, 2.24) is 19.9 Å². The van der Waals surface area contributed by atoms with E-state index >= 15 is 0 Å². The summed E-state index contributed by atoms with van der Waals surface area (Å²) in [4.78, 5) is 40.2. The Hall–Kier alpha value is -3.73. The molecule has 0 aliphatic carbocycles. The number of H-pyrrole nitrogens is 1. The van der Waals surface area contributed by atoms with Gasteiger partial charge in [0.05, 0.1) is 22.5 Å². The van der Waals surface area contributed by atoms with E-state index in [9.17, 15) is 9.59 Å². The number of nitrogens with zero attached hydrogens (tertiary/aromatic N) is 5. The zero-order valence-electron chi connectivity index (χ0n) is 15.8. The number of carbonyl (C=O) groups is 1. The fourth-order valence-corrected chi connectivity index (χ4v) is 3.48. The Morgan fingerprint density at radius 3 is 2.76 bits per heavy atom. The molecule has 1 fully saturated rings. The molecule has 1 aliphatic heterocycles. The largest absolute Gasteiger partial charge is 0.353 e. The number of aromatic nitrogens is 3. The maximum Gasteiger partial charge on any atom is 0.258 e. The lowest BCUT2D eigenvalue weighted by Crippen LogP contribution is -2.49. The van der Waals surface area contributed by atoms with Crippen LogP contribution in [0.2, 0.25) is 0 Å². The normalized spacial score (nSPS) is 14.0. The van der Waals surface area contributed by atoms with Crippen molar-refractivity contribution < 1.29 is 4.79 Å². The lowest BCUT2D eigenvalue weighted by Gasteiger charge is -2.35. The molecule has 2 aromatic heterocycles. The van der Waals surface area contributed by atoms with Crippen molar-refractivity contribution in [2.24, 2.45) is 0 Å². The predicted octanol–water partition coefficient (Wildman–Crippen LogP) is 1.47. The quantitative estimate of drug-likeness (QED) is 0.725. The topological polar surface area (TPSA) is 106 Å². The summed E-state index contributed by atoms with van der Waals surface area (Å²) < 4.78 is 0. The highest BCUT2D eigenvalue weighted by Gasteiger charge is 2.22. The molecule has 3 heterocycles. The first kappa shape index (κ1) is 18.6. The van der Waals surface area contributed by atoms with Gasteiger partial charge in [-0.3, -0.25) is 9.59 Å². The lowest BCUT2D eigenvalue weighted by molar-refractivity contribution is -0.131. The van der Waals surface area contributed by atoms with Gasteiger partial charge in [0.1, 0.15) is 11.6 Å². The minimum Gasteiger partial charge on any atom is -0.353 e. The third-order valence-electron chi connectivity index (χ3n) is 5.07. The number of fused-ring (bicyclic) bond motifs is 1. The van der Waals surface area contributed by atoms with Gasteiger partial charge >= 0.3 is 0 Å². The number of nitriles is 1. The molecule has 3 aromatic rings. The summed E-state index contributed by atoms with van der Waals surface area (Å²) in [6, 6.07) is 12.7. The van der Waals surface area contributed by atoms with Gasteiger partial charge in [0.2, 0.25) is 5.91 Å². The molecule has 1 saturated heterocycles. The van der Waals surface area contributed by atoms with E-state index in [0.29, 0.717) is 61.3 Å². The average molecular weight is 388 g/mol. The number of rotatable bonds is 4. The molecule has 0 atom stereocenters. The van der Waals surface area contributed by atoms with E-state index in [1.54, 1.807) is 36.5 Å². The van der Waals surface area contributed by atoms with Crippen LogP contribution in [0.3, 0.4) is 0 Å². The minimum atomic E-state index is -0.182. The molecule has 0 saturated carbocycles. The summed E-state index contributed by atoms with van der Waals surface area (Å²) in [6.45, 7) is 2.52. The molecule has 0 bridgehead atoms. The molecule has 29 heavy (non-hydrogen) atoms. The van der Waals surface area contributed by atoms with Gasteiger partial charge < -0.3 is 14.8 Å². The summed E-state index contributed by atoms with van der Waals surface area (Å²) >= 11 is 0. The molecule has 0 unspecified atom stereocenters. The molecule has 1 amide bonds. The molecule has 1 aromatic carbocycles. The second kappa shape index (κ2) is 8.10. The van der Waals surface area contributed by atoms with Crippen molar-refractivity contribution in [1.29, 1.82) is 5.26 Å². The number of hydrogen-bond donors (Lipinski definition) is 1. The number of pyridine rings is 1. The number of aromatic amines is 1. The van der Waals surface area contributed by atoms with Crippen molar-refractivity contribution in [2.45, 2.75) is 12.8 Å². The highest BCUT2D eigenvalue weighted by atomic mass is 16.2. The molecule has 0 radical (unpaired) electrons. The van der Waals surface area contributed by atoms with E-state index in [2.05, 4.69) is 25.9 Å². The summed E-state index contributed by atoms with van der Waals surface area (Å²) in [5, 5.41) is 9.58. The van der Waals surface area contributed by atoms with E-state index < -0.39 is 0 Å². The van der Waals surface area contributed by atoms with Gasteiger partial charge in [0, 0.05) is 45.2 Å². The van der Waals surface area contributed by atoms with Crippen LogP contribution >= 0.6 is 0 Å². The first-order chi connectivity index (χ1) is 14.1. The molecule has 146 valence electrons. The minimum absolute atomic E-state index is 0.0409. The van der Waals surface area contributed by atoms with E-state index in [1.807, 2.05) is 11.0 Å². The Morgan fingerprint density at radius 2 is 1.97 bits per heavy atom. The summed E-state index contributed by atoms with van der Waals surface area (Å²) in [7, 11) is 0. The molecular formula is C21H20N6O2. The molecule has 0 spiro atoms. The SMILES string of the molecule is N#Cc1ccnc(N2CCN(C(=O)CCc3nc4ccccc4c(=O)[nH]3)CC2)c1. The van der Waals surface area contributed by atoms with E-state index in [0.717, 1.165) is 5.82 Å². The van der Waals surface area contributed by atoms with Crippen LogP contribution < -0.4 is 10.5 Å². The van der Waals surface area contributed by atoms with Gasteiger partial charge in [-0.05, 0) is 24.3 Å². The molecule has 8 heteroatoms. The Labute approximate surface area is 167 Å². The standard InChI is InChI=1S/C21H20N6O2/c22-14-15-7-8-23-19(13-15)26-9-11-27(12-10-26)20(28)6-5-18-24-17-4-2-1-3-16(17)21(29)25-18/h1-4,7-8,13H,5-6,9-12H2,(H,24,25,29). The van der Waals surface area contributed by atoms with Crippen molar-refractivity contribution in [3.8, 4) is 6.07 Å². The number of piperazine rings is 1. The Kier molecular flexibility index (Phi) is 5.20. The van der Waals surface area contributed by atoms with Crippen LogP contribution in [0.5, 0.6) is 0 Å². The van der Waals surface area contributed by atoms with Crippen LogP contribution in [0.15, 0.2) is 47.4 Å². The van der Waals surface area contributed by atoms with Gasteiger partial charge in [0.25, 0.3) is 5.56 Å². The van der Waals surface area contributed by atoms with Crippen molar-refractivity contribution >= 4 is 22.6 Å². The second-order valence-electron chi connectivity index (χ2n) is 6.91. The highest BCUT2D eigenvalue weighted by Crippen LogP contribution is 2.15. The van der Waals surface area contributed by atoms with Crippen LogP contribution in [0.25, 0.3) is 10.9 Å². The van der Waals surface area contributed by atoms with Crippen molar-refractivity contribution in [3.05, 3.63) is 64.3 Å². The van der Waals surface area contributed by atoms with Gasteiger partial charge in [-0.2, -0.15) is 5.26 Å². The number of anilines is 1. The van der Waals surface area contributed by atoms with E-state index in [4.69, 9.17) is 5.26 Å². The first-order valence-electron chi connectivity index (χ1n) is 9.51. The highest BCUT2D eigenvalue weighted by molar-refractivity contribution is 5.78. The van der Waals surface area contributed by atoms with Crippen LogP contribution in [0.4, 0.5) is 5.82 Å². The molecule has 1 N–H and O–H groups in total. The number of amides is 1. The zero-order valence-corrected chi connectivity index (χ0v) is 15.8. The lowest BCUT2D eigenvalue weighted by atomic mass is 10.2. The maximum atomic E-state index is 12.6. The number of carbonyl (C=O) groups excluding carboxylic acids is 1. The zero-order chi connectivity index (χ0) is 20.2. The molecule has 4 rings (SSSR count). The smallest absolute Gasteiger partial charge is 0.258 e. The third-order valence-corrected chi connectivity index (χ3v) is 5.07. The Bertz CT molecular complexity index is 1140. The molecular weight excluding hydrogens is 368 g/mol. The average Bonchev–Trinajstić information content (AvgIpc) is 2.77. The Morgan fingerprint density at radius 1 is 1.17 bits per heavy atom. The van der Waals surface area contributed by atoms with Crippen LogP contribution in [-0.2, 0) is 11.2 Å². The number of nitrogens with one attached hydrogen (secondary N) is 1.